The van der Waals surface area contributed by atoms with Gasteiger partial charge in [-0.25, -0.2) is 4.79 Å². The smallest absolute Gasteiger partial charge is 0.326 e. The van der Waals surface area contributed by atoms with Crippen LogP contribution in [0.4, 0.5) is 0 Å². The zero-order valence-corrected chi connectivity index (χ0v) is 21.3. The summed E-state index contributed by atoms with van der Waals surface area (Å²) in [6, 6.07) is 8.63. The number of aliphatic carboxylic acids is 2. The molecule has 0 heterocycles. The van der Waals surface area contributed by atoms with Crippen LogP contribution in [0.3, 0.4) is 0 Å². The molecule has 0 aliphatic rings. The van der Waals surface area contributed by atoms with Crippen LogP contribution in [0.2, 0.25) is 0 Å². The van der Waals surface area contributed by atoms with E-state index in [9.17, 15) is 44.1 Å². The van der Waals surface area contributed by atoms with Crippen LogP contribution in [0.5, 0.6) is 5.75 Å². The number of nitrogens with one attached hydrogen (secondary N) is 3. The molecule has 14 nitrogen and oxygen atoms in total. The fraction of sp³-hybridized carbons (Fsp3) is 0.308. The lowest BCUT2D eigenvalue weighted by molar-refractivity contribution is -0.144. The number of aromatic hydroxyl groups is 1. The molecule has 0 aliphatic carbocycles. The van der Waals surface area contributed by atoms with E-state index in [2.05, 4.69) is 10.6 Å². The quantitative estimate of drug-likeness (QED) is 0.124. The SMILES string of the molecule is NC(=O)CC(NC(=O)C(CC(=O)O)NC(=O)C(Cc1ccccc1)NC(=O)C(N)Cc1ccc(O)cc1)C(=O)O. The summed E-state index contributed by atoms with van der Waals surface area (Å²) in [6.07, 6.45) is -1.66. The van der Waals surface area contributed by atoms with Gasteiger partial charge in [-0.1, -0.05) is 42.5 Å². The molecule has 0 spiro atoms. The van der Waals surface area contributed by atoms with Crippen LogP contribution in [0.15, 0.2) is 54.6 Å². The van der Waals surface area contributed by atoms with E-state index in [0.717, 1.165) is 0 Å². The highest BCUT2D eigenvalue weighted by Gasteiger charge is 2.32. The number of carboxylic acids is 2. The number of hydrogen-bond donors (Lipinski definition) is 8. The van der Waals surface area contributed by atoms with Crippen LogP contribution < -0.4 is 27.4 Å². The van der Waals surface area contributed by atoms with Crippen molar-refractivity contribution in [1.29, 1.82) is 0 Å². The maximum Gasteiger partial charge on any atom is 0.326 e. The largest absolute Gasteiger partial charge is 0.508 e. The van der Waals surface area contributed by atoms with Crippen LogP contribution in [0, 0.1) is 0 Å². The zero-order chi connectivity index (χ0) is 29.8. The van der Waals surface area contributed by atoms with Crippen molar-refractivity contribution in [2.24, 2.45) is 11.5 Å². The molecular formula is C26H31N5O9. The number of hydrogen-bond acceptors (Lipinski definition) is 8. The highest BCUT2D eigenvalue weighted by Crippen LogP contribution is 2.11. The monoisotopic (exact) mass is 557 g/mol. The summed E-state index contributed by atoms with van der Waals surface area (Å²) >= 11 is 0. The van der Waals surface area contributed by atoms with Crippen molar-refractivity contribution in [2.45, 2.75) is 49.9 Å². The van der Waals surface area contributed by atoms with Gasteiger partial charge in [0, 0.05) is 6.42 Å². The summed E-state index contributed by atoms with van der Waals surface area (Å²) in [5.41, 5.74) is 12.3. The van der Waals surface area contributed by atoms with Crippen molar-refractivity contribution in [3.8, 4) is 5.75 Å². The van der Waals surface area contributed by atoms with Crippen LogP contribution in [0.25, 0.3) is 0 Å². The molecular weight excluding hydrogens is 526 g/mol. The third kappa shape index (κ3) is 10.4. The molecule has 10 N–H and O–H groups in total. The van der Waals surface area contributed by atoms with Crippen molar-refractivity contribution in [3.63, 3.8) is 0 Å². The molecule has 2 rings (SSSR count). The molecule has 2 aromatic rings. The van der Waals surface area contributed by atoms with Gasteiger partial charge >= 0.3 is 11.9 Å². The first-order valence-electron chi connectivity index (χ1n) is 12.1. The summed E-state index contributed by atoms with van der Waals surface area (Å²) in [5.74, 6) is -6.90. The second-order valence-corrected chi connectivity index (χ2v) is 8.96. The number of rotatable bonds is 15. The topological polar surface area (TPSA) is 251 Å². The fourth-order valence-electron chi connectivity index (χ4n) is 3.65. The van der Waals surface area contributed by atoms with Crippen LogP contribution in [-0.4, -0.2) is 75.1 Å². The highest BCUT2D eigenvalue weighted by molar-refractivity contribution is 5.96. The van der Waals surface area contributed by atoms with Gasteiger partial charge in [-0.3, -0.25) is 24.0 Å². The van der Waals surface area contributed by atoms with Crippen molar-refractivity contribution in [1.82, 2.24) is 16.0 Å². The number of primary amides is 1. The highest BCUT2D eigenvalue weighted by atomic mass is 16.4. The third-order valence-electron chi connectivity index (χ3n) is 5.68. The first kappa shape index (κ1) is 31.2. The Morgan fingerprint density at radius 2 is 1.20 bits per heavy atom. The van der Waals surface area contributed by atoms with Gasteiger partial charge in [-0.2, -0.15) is 0 Å². The minimum absolute atomic E-state index is 0.0330. The number of amides is 4. The lowest BCUT2D eigenvalue weighted by Crippen LogP contribution is -2.58. The number of carbonyl (C=O) groups is 6. The molecule has 214 valence electrons. The van der Waals surface area contributed by atoms with Crippen molar-refractivity contribution in [3.05, 3.63) is 65.7 Å². The van der Waals surface area contributed by atoms with Gasteiger partial charge in [0.2, 0.25) is 23.6 Å². The molecule has 0 aliphatic heterocycles. The number of carboxylic acid groups (broad SMARTS) is 2. The predicted molar refractivity (Wildman–Crippen MR) is 139 cm³/mol. The van der Waals surface area contributed by atoms with E-state index in [1.807, 2.05) is 5.32 Å². The molecule has 2 aromatic carbocycles. The number of nitrogens with two attached hydrogens (primary N) is 2. The fourth-order valence-corrected chi connectivity index (χ4v) is 3.65. The van der Waals surface area contributed by atoms with Gasteiger partial charge in [-0.15, -0.1) is 0 Å². The standard InChI is InChI=1S/C26H31N5O9/c27-17(10-15-6-8-16(32)9-7-15)23(36)29-18(11-14-4-2-1-3-5-14)24(37)30-19(13-22(34)35)25(38)31-20(26(39)40)12-21(28)33/h1-9,17-20,32H,10-13,27H2,(H2,28,33)(H,29,36)(H,30,37)(H,31,38)(H,34,35)(H,39,40). The van der Waals surface area contributed by atoms with Gasteiger partial charge < -0.3 is 42.7 Å². The van der Waals surface area contributed by atoms with Gasteiger partial charge in [0.1, 0.15) is 23.9 Å². The molecule has 14 heteroatoms. The molecule has 0 radical (unpaired) electrons. The predicted octanol–water partition coefficient (Wildman–Crippen LogP) is -1.61. The summed E-state index contributed by atoms with van der Waals surface area (Å²) in [6.45, 7) is 0. The maximum atomic E-state index is 13.2. The lowest BCUT2D eigenvalue weighted by Gasteiger charge is -2.24. The molecule has 40 heavy (non-hydrogen) atoms. The molecule has 0 saturated carbocycles. The molecule has 4 atom stereocenters. The van der Waals surface area contributed by atoms with Crippen molar-refractivity contribution >= 4 is 35.6 Å². The van der Waals surface area contributed by atoms with E-state index < -0.39 is 72.6 Å². The molecule has 4 amide bonds. The Morgan fingerprint density at radius 1 is 0.675 bits per heavy atom. The Bertz CT molecular complexity index is 1220. The first-order valence-corrected chi connectivity index (χ1v) is 12.1. The summed E-state index contributed by atoms with van der Waals surface area (Å²) < 4.78 is 0. The van der Waals surface area contributed by atoms with Gasteiger partial charge in [0.25, 0.3) is 0 Å². The summed E-state index contributed by atoms with van der Waals surface area (Å²) in [4.78, 5) is 72.8. The average molecular weight is 558 g/mol. The average Bonchev–Trinajstić information content (AvgIpc) is 2.88. The van der Waals surface area contributed by atoms with Gasteiger partial charge in [0.15, 0.2) is 0 Å². The normalized spacial score (nSPS) is 13.6. The Balaban J connectivity index is 2.22. The van der Waals surface area contributed by atoms with E-state index in [1.165, 1.54) is 12.1 Å². The van der Waals surface area contributed by atoms with E-state index in [1.54, 1.807) is 42.5 Å². The van der Waals surface area contributed by atoms with E-state index in [4.69, 9.17) is 11.5 Å². The zero-order valence-electron chi connectivity index (χ0n) is 21.3. The number of phenols is 1. The second-order valence-electron chi connectivity index (χ2n) is 8.96. The number of phenolic OH excluding ortho intramolecular Hbond substituents is 1. The number of benzene rings is 2. The summed E-state index contributed by atoms with van der Waals surface area (Å²) in [7, 11) is 0. The summed E-state index contributed by atoms with van der Waals surface area (Å²) in [5, 5.41) is 34.7. The number of carbonyl (C=O) groups excluding carboxylic acids is 4. The van der Waals surface area contributed by atoms with Gasteiger partial charge in [-0.05, 0) is 29.7 Å². The minimum atomic E-state index is -1.75. The molecule has 0 fully saturated rings. The molecule has 0 saturated heterocycles. The van der Waals surface area contributed by atoms with Crippen LogP contribution >= 0.6 is 0 Å². The van der Waals surface area contributed by atoms with E-state index in [0.29, 0.717) is 11.1 Å². The molecule has 4 unspecified atom stereocenters. The van der Waals surface area contributed by atoms with Crippen LogP contribution in [-0.2, 0) is 41.6 Å². The Hall–Kier alpha value is -4.98. The van der Waals surface area contributed by atoms with Crippen LogP contribution in [0.1, 0.15) is 24.0 Å². The minimum Gasteiger partial charge on any atom is -0.508 e. The first-order chi connectivity index (χ1) is 18.8. The second kappa shape index (κ2) is 14.8. The Kier molecular flexibility index (Phi) is 11.6. The maximum absolute atomic E-state index is 13.2. The Morgan fingerprint density at radius 3 is 1.75 bits per heavy atom. The molecule has 0 aromatic heterocycles. The molecule has 0 bridgehead atoms. The lowest BCUT2D eigenvalue weighted by atomic mass is 10.0. The van der Waals surface area contributed by atoms with E-state index in [-0.39, 0.29) is 18.6 Å². The van der Waals surface area contributed by atoms with E-state index >= 15 is 0 Å². The Labute approximate surface area is 228 Å². The third-order valence-corrected chi connectivity index (χ3v) is 5.68. The van der Waals surface area contributed by atoms with Crippen molar-refractivity contribution < 1.29 is 44.1 Å². The van der Waals surface area contributed by atoms with Crippen molar-refractivity contribution in [2.75, 3.05) is 0 Å². The van der Waals surface area contributed by atoms with Gasteiger partial charge in [0.05, 0.1) is 18.9 Å².